The fourth-order valence-electron chi connectivity index (χ4n) is 2.56. The van der Waals surface area contributed by atoms with Crippen LogP contribution >= 0.6 is 0 Å². The van der Waals surface area contributed by atoms with E-state index in [2.05, 4.69) is 5.32 Å². The van der Waals surface area contributed by atoms with Crippen LogP contribution < -0.4 is 5.32 Å². The van der Waals surface area contributed by atoms with Crippen molar-refractivity contribution < 1.29 is 18.9 Å². The van der Waals surface area contributed by atoms with Crippen molar-refractivity contribution >= 4 is 29.1 Å². The lowest BCUT2D eigenvalue weighted by molar-refractivity contribution is -0.384. The normalized spacial score (nSPS) is 10.8. The second-order valence-electron chi connectivity index (χ2n) is 5.93. The minimum Gasteiger partial charge on any atom is -0.456 e. The molecule has 0 saturated carbocycles. The highest BCUT2D eigenvalue weighted by molar-refractivity contribution is 6.02. The molecule has 1 heterocycles. The Morgan fingerprint density at radius 3 is 2.43 bits per heavy atom. The zero-order chi connectivity index (χ0) is 20.1. The van der Waals surface area contributed by atoms with Crippen molar-refractivity contribution in [2.45, 2.75) is 6.92 Å². The molecule has 7 nitrogen and oxygen atoms in total. The summed E-state index contributed by atoms with van der Waals surface area (Å²) in [5.41, 5.74) is 1.42. The van der Waals surface area contributed by atoms with Gasteiger partial charge in [-0.25, -0.2) is 0 Å². The van der Waals surface area contributed by atoms with Crippen LogP contribution in [0.25, 0.3) is 17.4 Å². The number of hydrogen-bond donors (Lipinski definition) is 1. The molecule has 0 aliphatic carbocycles. The van der Waals surface area contributed by atoms with Crippen LogP contribution in [0, 0.1) is 10.1 Å². The van der Waals surface area contributed by atoms with Crippen molar-refractivity contribution in [3.8, 4) is 11.3 Å². The Morgan fingerprint density at radius 2 is 1.75 bits per heavy atom. The van der Waals surface area contributed by atoms with Crippen molar-refractivity contribution in [2.24, 2.45) is 0 Å². The van der Waals surface area contributed by atoms with E-state index in [0.717, 1.165) is 0 Å². The quantitative estimate of drug-likeness (QED) is 0.290. The summed E-state index contributed by atoms with van der Waals surface area (Å²) in [6, 6.07) is 16.0. The smallest absolute Gasteiger partial charge is 0.280 e. The Bertz CT molecular complexity index is 1060. The molecule has 2 aromatic carbocycles. The lowest BCUT2D eigenvalue weighted by Crippen LogP contribution is -2.07. The third-order valence-electron chi connectivity index (χ3n) is 3.95. The number of para-hydroxylation sites is 1. The molecular weight excluding hydrogens is 360 g/mol. The highest BCUT2D eigenvalue weighted by Crippen LogP contribution is 2.31. The van der Waals surface area contributed by atoms with E-state index in [1.165, 1.54) is 25.1 Å². The molecule has 0 aliphatic heterocycles. The van der Waals surface area contributed by atoms with Gasteiger partial charge in [0.05, 0.1) is 10.5 Å². The monoisotopic (exact) mass is 376 g/mol. The van der Waals surface area contributed by atoms with Gasteiger partial charge in [0.2, 0.25) is 5.91 Å². The first-order chi connectivity index (χ1) is 13.4. The Morgan fingerprint density at radius 1 is 1.04 bits per heavy atom. The molecule has 0 saturated heterocycles. The minimum atomic E-state index is -0.474. The molecule has 0 bridgehead atoms. The molecule has 140 valence electrons. The number of anilines is 1. The molecular formula is C21H16N2O5. The van der Waals surface area contributed by atoms with E-state index in [0.29, 0.717) is 28.3 Å². The van der Waals surface area contributed by atoms with E-state index in [-0.39, 0.29) is 17.4 Å². The molecule has 0 aliphatic rings. The number of furan rings is 1. The van der Waals surface area contributed by atoms with Gasteiger partial charge in [0.1, 0.15) is 11.5 Å². The van der Waals surface area contributed by atoms with Crippen molar-refractivity contribution in [3.05, 3.63) is 88.2 Å². The van der Waals surface area contributed by atoms with Crippen LogP contribution in [-0.2, 0) is 4.79 Å². The van der Waals surface area contributed by atoms with E-state index < -0.39 is 4.92 Å². The molecule has 1 N–H and O–H groups in total. The standard InChI is InChI=1S/C21H16N2O5/c1-14(24)15-6-8-16(9-7-15)22-21(25)13-11-17-10-12-20(28-17)18-4-2-3-5-19(18)23(26)27/h2-13H,1H3,(H,22,25)/b13-11+. The average Bonchev–Trinajstić information content (AvgIpc) is 3.15. The first-order valence-corrected chi connectivity index (χ1v) is 8.38. The van der Waals surface area contributed by atoms with E-state index >= 15 is 0 Å². The second-order valence-corrected chi connectivity index (χ2v) is 5.93. The summed E-state index contributed by atoms with van der Waals surface area (Å²) in [7, 11) is 0. The van der Waals surface area contributed by atoms with Crippen molar-refractivity contribution in [1.82, 2.24) is 0 Å². The average molecular weight is 376 g/mol. The summed E-state index contributed by atoms with van der Waals surface area (Å²) >= 11 is 0. The van der Waals surface area contributed by atoms with Gasteiger partial charge in [-0.3, -0.25) is 19.7 Å². The summed E-state index contributed by atoms with van der Waals surface area (Å²) in [5.74, 6) is 0.298. The predicted octanol–water partition coefficient (Wildman–Crippen LogP) is 4.71. The Balaban J connectivity index is 1.69. The first-order valence-electron chi connectivity index (χ1n) is 8.38. The highest BCUT2D eigenvalue weighted by Gasteiger charge is 2.16. The number of amides is 1. The maximum absolute atomic E-state index is 12.0. The van der Waals surface area contributed by atoms with E-state index in [1.807, 2.05) is 0 Å². The number of nitrogens with zero attached hydrogens (tertiary/aromatic N) is 1. The zero-order valence-electron chi connectivity index (χ0n) is 14.9. The number of benzene rings is 2. The predicted molar refractivity (Wildman–Crippen MR) is 105 cm³/mol. The number of carbonyl (C=O) groups excluding carboxylic acids is 2. The van der Waals surface area contributed by atoms with Gasteiger partial charge in [-0.2, -0.15) is 0 Å². The Hall–Kier alpha value is -4.00. The fraction of sp³-hybridized carbons (Fsp3) is 0.0476. The second kappa shape index (κ2) is 8.13. The van der Waals surface area contributed by atoms with Gasteiger partial charge >= 0.3 is 0 Å². The van der Waals surface area contributed by atoms with Crippen molar-refractivity contribution in [1.29, 1.82) is 0 Å². The molecule has 3 rings (SSSR count). The third-order valence-corrected chi connectivity index (χ3v) is 3.95. The number of nitro benzene ring substituents is 1. The van der Waals surface area contributed by atoms with Gasteiger partial charge in [-0.05, 0) is 55.5 Å². The fourth-order valence-corrected chi connectivity index (χ4v) is 2.56. The summed E-state index contributed by atoms with van der Waals surface area (Å²) in [5, 5.41) is 13.8. The number of nitro groups is 1. The highest BCUT2D eigenvalue weighted by atomic mass is 16.6. The molecule has 1 amide bonds. The first kappa shape index (κ1) is 18.8. The number of ketones is 1. The molecule has 3 aromatic rings. The molecule has 7 heteroatoms. The van der Waals surface area contributed by atoms with Crippen LogP contribution in [-0.4, -0.2) is 16.6 Å². The number of carbonyl (C=O) groups is 2. The number of nitrogens with one attached hydrogen (secondary N) is 1. The topological polar surface area (TPSA) is 102 Å². The molecule has 1 aromatic heterocycles. The van der Waals surface area contributed by atoms with Crippen molar-refractivity contribution in [3.63, 3.8) is 0 Å². The van der Waals surface area contributed by atoms with Crippen LogP contribution in [0.3, 0.4) is 0 Å². The molecule has 0 unspecified atom stereocenters. The number of Topliss-reactive ketones (excluding diaryl/α,β-unsaturated/α-hetero) is 1. The molecule has 0 radical (unpaired) electrons. The van der Waals surface area contributed by atoms with Crippen LogP contribution in [0.5, 0.6) is 0 Å². The maximum atomic E-state index is 12.0. The lowest BCUT2D eigenvalue weighted by atomic mass is 10.1. The van der Waals surface area contributed by atoms with E-state index in [9.17, 15) is 19.7 Å². The number of hydrogen-bond acceptors (Lipinski definition) is 5. The molecule has 0 atom stereocenters. The molecule has 28 heavy (non-hydrogen) atoms. The summed E-state index contributed by atoms with van der Waals surface area (Å²) in [6.07, 6.45) is 2.76. The van der Waals surface area contributed by atoms with Crippen LogP contribution in [0.15, 0.2) is 71.2 Å². The van der Waals surface area contributed by atoms with Gasteiger partial charge in [-0.15, -0.1) is 0 Å². The van der Waals surface area contributed by atoms with Crippen LogP contribution in [0.4, 0.5) is 11.4 Å². The largest absolute Gasteiger partial charge is 0.456 e. The van der Waals surface area contributed by atoms with E-state index in [4.69, 9.17) is 4.42 Å². The maximum Gasteiger partial charge on any atom is 0.280 e. The molecule has 0 fully saturated rings. The zero-order valence-corrected chi connectivity index (χ0v) is 14.9. The van der Waals surface area contributed by atoms with Crippen LogP contribution in [0.2, 0.25) is 0 Å². The molecule has 0 spiro atoms. The van der Waals surface area contributed by atoms with Gasteiger partial charge in [0.15, 0.2) is 5.78 Å². The summed E-state index contributed by atoms with van der Waals surface area (Å²) in [6.45, 7) is 1.47. The van der Waals surface area contributed by atoms with Crippen molar-refractivity contribution in [2.75, 3.05) is 5.32 Å². The van der Waals surface area contributed by atoms with Gasteiger partial charge in [-0.1, -0.05) is 12.1 Å². The summed E-state index contributed by atoms with van der Waals surface area (Å²) < 4.78 is 5.59. The van der Waals surface area contributed by atoms with Crippen LogP contribution in [0.1, 0.15) is 23.0 Å². The Kier molecular flexibility index (Phi) is 5.45. The van der Waals surface area contributed by atoms with Gasteiger partial charge in [0.25, 0.3) is 5.69 Å². The van der Waals surface area contributed by atoms with E-state index in [1.54, 1.807) is 54.6 Å². The van der Waals surface area contributed by atoms with Gasteiger partial charge < -0.3 is 9.73 Å². The van der Waals surface area contributed by atoms with Gasteiger partial charge in [0, 0.05) is 23.4 Å². The summed E-state index contributed by atoms with van der Waals surface area (Å²) in [4.78, 5) is 33.9. The minimum absolute atomic E-state index is 0.0509. The SMILES string of the molecule is CC(=O)c1ccc(NC(=O)/C=C/c2ccc(-c3ccccc3[N+](=O)[O-])o2)cc1. The third kappa shape index (κ3) is 4.39. The Labute approximate surface area is 160 Å². The number of rotatable bonds is 6. The lowest BCUT2D eigenvalue weighted by Gasteiger charge is -2.02.